The molecule has 2 aromatic carbocycles. The topological polar surface area (TPSA) is 161 Å². The maximum absolute atomic E-state index is 14.3. The summed E-state index contributed by atoms with van der Waals surface area (Å²) in [5.74, 6) is -1.34. The number of carbonyl (C=O) groups excluding carboxylic acids is 5. The van der Waals surface area contributed by atoms with Crippen LogP contribution in [0, 0.1) is 25.7 Å². The lowest BCUT2D eigenvalue weighted by atomic mass is 9.78. The Morgan fingerprint density at radius 1 is 0.716 bits per heavy atom. The molecular weight excluding hydrogens is 841 g/mol. The number of anilines is 2. The number of Topliss-reactive ketones (excluding diaryl/α,β-unsaturated/α-hetero) is 1. The molecule has 2 atom stereocenters. The third kappa shape index (κ3) is 16.5. The number of aliphatic hydroxyl groups excluding tert-OH is 1. The Labute approximate surface area is 399 Å². The number of ketones is 1. The Balaban J connectivity index is 1.62. The summed E-state index contributed by atoms with van der Waals surface area (Å²) >= 11 is 0. The molecular formula is C55H74N6O6. The van der Waals surface area contributed by atoms with Crippen molar-refractivity contribution in [2.45, 2.75) is 119 Å². The van der Waals surface area contributed by atoms with Crippen molar-refractivity contribution in [3.05, 3.63) is 130 Å². The number of benzene rings is 2. The van der Waals surface area contributed by atoms with Gasteiger partial charge in [-0.05, 0) is 92.7 Å². The minimum absolute atomic E-state index is 0.0134. The van der Waals surface area contributed by atoms with Crippen molar-refractivity contribution >= 4 is 46.5 Å². The lowest BCUT2D eigenvalue weighted by molar-refractivity contribution is -0.126. The van der Waals surface area contributed by atoms with Gasteiger partial charge in [-0.2, -0.15) is 0 Å². The smallest absolute Gasteiger partial charge is 0.246 e. The molecule has 0 fully saturated rings. The number of nitrogens with zero attached hydrogens (tertiary/aromatic N) is 3. The molecule has 4 amide bonds. The van der Waals surface area contributed by atoms with Gasteiger partial charge in [-0.3, -0.25) is 24.0 Å². The molecule has 4 rings (SSSR count). The van der Waals surface area contributed by atoms with Crippen LogP contribution in [0.1, 0.15) is 116 Å². The molecule has 2 aromatic rings. The standard InChI is InChI=1S/C55H74N6O6/c1-9-13-16-40(11-3)35-56-48(62)29-30-50(64)58-37-42(18-15-33-60(7)43-23-19-38(5)20-24-43)52-54(66)53(55(52)67)46-28-27-45(61(8)44-25-21-39(6)22-26-44)34-47(46)59-51(65)32-31-49(63)57-36-41(12-4)17-14-10-2/h15,18-28,33-34,40-41,66H,9-14,16-17,29-32,35-37H2,1-8H3,(H,56,62)(H,57,63)(H,58,64). The molecule has 67 heavy (non-hydrogen) atoms. The number of likely N-dealkylation sites (N-methyl/N-ethyl adjacent to an activating group) is 1. The predicted molar refractivity (Wildman–Crippen MR) is 272 cm³/mol. The van der Waals surface area contributed by atoms with Gasteiger partial charge in [-0.1, -0.05) is 108 Å². The first-order valence-electron chi connectivity index (χ1n) is 24.2. The van der Waals surface area contributed by atoms with Crippen molar-refractivity contribution in [3.8, 4) is 0 Å². The molecule has 2 aliphatic rings. The third-order valence-electron chi connectivity index (χ3n) is 12.5. The summed E-state index contributed by atoms with van der Waals surface area (Å²) in [6.45, 7) is 13.6. The first kappa shape index (κ1) is 53.3. The second-order valence-corrected chi connectivity index (χ2v) is 17.7. The van der Waals surface area contributed by atoms with E-state index in [1.54, 1.807) is 30.4 Å². The van der Waals surface area contributed by atoms with Gasteiger partial charge in [0, 0.05) is 88.3 Å². The van der Waals surface area contributed by atoms with Gasteiger partial charge in [-0.15, -0.1) is 0 Å². The number of rotatable bonds is 26. The van der Waals surface area contributed by atoms with Crippen molar-refractivity contribution in [2.75, 3.05) is 43.5 Å². The Hall–Kier alpha value is -6.30. The monoisotopic (exact) mass is 915 g/mol. The lowest BCUT2D eigenvalue weighted by Gasteiger charge is -2.28. The lowest BCUT2D eigenvalue weighted by Crippen LogP contribution is -2.34. The zero-order valence-electron chi connectivity index (χ0n) is 41.2. The van der Waals surface area contributed by atoms with Crippen LogP contribution in [0.2, 0.25) is 0 Å². The highest BCUT2D eigenvalue weighted by Gasteiger charge is 2.39. The number of amides is 4. The third-order valence-corrected chi connectivity index (χ3v) is 12.5. The number of allylic oxidation sites excluding steroid dienone is 7. The van der Waals surface area contributed by atoms with E-state index in [0.717, 1.165) is 73.9 Å². The molecule has 0 bridgehead atoms. The van der Waals surface area contributed by atoms with Crippen LogP contribution < -0.4 is 25.8 Å². The quantitative estimate of drug-likeness (QED) is 0.0536. The van der Waals surface area contributed by atoms with Crippen LogP contribution >= 0.6 is 0 Å². The first-order valence-corrected chi connectivity index (χ1v) is 24.2. The van der Waals surface area contributed by atoms with Crippen molar-refractivity contribution in [2.24, 2.45) is 16.8 Å². The van der Waals surface area contributed by atoms with E-state index in [0.29, 0.717) is 36.2 Å². The summed E-state index contributed by atoms with van der Waals surface area (Å²) in [6.07, 6.45) is 18.6. The van der Waals surface area contributed by atoms with Gasteiger partial charge in [0.25, 0.3) is 0 Å². The van der Waals surface area contributed by atoms with Crippen molar-refractivity contribution in [1.82, 2.24) is 16.0 Å². The van der Waals surface area contributed by atoms with E-state index in [1.807, 2.05) is 92.5 Å². The number of hydrogen-bond acceptors (Lipinski definition) is 8. The summed E-state index contributed by atoms with van der Waals surface area (Å²) in [6, 6.07) is 15.9. The Morgan fingerprint density at radius 3 is 1.76 bits per heavy atom. The van der Waals surface area contributed by atoms with Crippen LogP contribution in [-0.4, -0.2) is 74.0 Å². The number of aryl methyl sites for hydroxylation is 2. The van der Waals surface area contributed by atoms with Crippen LogP contribution in [-0.2, 0) is 24.0 Å². The van der Waals surface area contributed by atoms with E-state index in [9.17, 15) is 29.1 Å². The van der Waals surface area contributed by atoms with E-state index in [-0.39, 0.29) is 78.1 Å². The summed E-state index contributed by atoms with van der Waals surface area (Å²) in [5, 5.41) is 20.6. The van der Waals surface area contributed by atoms with Crippen LogP contribution in [0.5, 0.6) is 0 Å². The Bertz CT molecular complexity index is 2260. The fourth-order valence-corrected chi connectivity index (χ4v) is 7.79. The number of carbonyl (C=O) groups is 5. The average Bonchev–Trinajstić information content (AvgIpc) is 3.32. The van der Waals surface area contributed by atoms with Crippen LogP contribution in [0.3, 0.4) is 0 Å². The van der Waals surface area contributed by atoms with E-state index in [1.165, 1.54) is 0 Å². The fourth-order valence-electron chi connectivity index (χ4n) is 7.79. The van der Waals surface area contributed by atoms with Crippen molar-refractivity contribution < 1.29 is 29.1 Å². The number of aliphatic imine (C=N–C) groups is 1. The molecule has 0 heterocycles. The van der Waals surface area contributed by atoms with Crippen LogP contribution in [0.4, 0.5) is 11.4 Å². The molecule has 360 valence electrons. The molecule has 0 spiro atoms. The number of unbranched alkanes of at least 4 members (excludes halogenated alkanes) is 2. The van der Waals surface area contributed by atoms with Gasteiger partial charge in [0.15, 0.2) is 0 Å². The molecule has 12 heteroatoms. The summed E-state index contributed by atoms with van der Waals surface area (Å²) in [5.41, 5.74) is 5.54. The van der Waals surface area contributed by atoms with Crippen molar-refractivity contribution in [3.63, 3.8) is 0 Å². The van der Waals surface area contributed by atoms with Gasteiger partial charge in [0.1, 0.15) is 5.76 Å². The SMILES string of the molecule is CCCCC(CC)CNC(=O)CCC(=O)N=C1C=C(N(C)c2ccc(C)cc2)C=CC1=C1C(=O)C(C(=CC=CN(C)c2ccc(C)cc2)CNC(=O)CCC(=O)NCC(CC)CCCC)=C1O. The molecule has 0 aromatic heterocycles. The average molecular weight is 915 g/mol. The maximum atomic E-state index is 14.3. The zero-order chi connectivity index (χ0) is 48.9. The van der Waals surface area contributed by atoms with Crippen LogP contribution in [0.15, 0.2) is 124 Å². The van der Waals surface area contributed by atoms with Crippen molar-refractivity contribution in [1.29, 1.82) is 0 Å². The Morgan fingerprint density at radius 2 is 1.24 bits per heavy atom. The van der Waals surface area contributed by atoms with Gasteiger partial charge in [0.2, 0.25) is 29.4 Å². The van der Waals surface area contributed by atoms with Gasteiger partial charge < -0.3 is 30.9 Å². The van der Waals surface area contributed by atoms with E-state index in [4.69, 9.17) is 0 Å². The minimum atomic E-state index is -0.540. The number of nitrogens with one attached hydrogen (secondary N) is 3. The summed E-state index contributed by atoms with van der Waals surface area (Å²) in [4.78, 5) is 74.7. The molecule has 0 saturated heterocycles. The predicted octanol–water partition coefficient (Wildman–Crippen LogP) is 9.77. The second-order valence-electron chi connectivity index (χ2n) is 17.7. The largest absolute Gasteiger partial charge is 0.506 e. The fraction of sp³-hybridized carbons (Fsp3) is 0.455. The second kappa shape index (κ2) is 27.4. The number of aliphatic hydroxyl groups is 1. The molecule has 2 unspecified atom stereocenters. The zero-order valence-corrected chi connectivity index (χ0v) is 41.2. The maximum Gasteiger partial charge on any atom is 0.246 e. The van der Waals surface area contributed by atoms with Gasteiger partial charge in [-0.25, -0.2) is 4.99 Å². The normalized spacial score (nSPS) is 16.4. The highest BCUT2D eigenvalue weighted by Crippen LogP contribution is 2.38. The molecule has 0 saturated carbocycles. The molecule has 2 aliphatic carbocycles. The molecule has 12 nitrogen and oxygen atoms in total. The van der Waals surface area contributed by atoms with E-state index in [2.05, 4.69) is 48.6 Å². The molecule has 0 aliphatic heterocycles. The highest BCUT2D eigenvalue weighted by atomic mass is 16.3. The highest BCUT2D eigenvalue weighted by molar-refractivity contribution is 6.29. The molecule has 0 radical (unpaired) electrons. The number of hydrogen-bond donors (Lipinski definition) is 4. The minimum Gasteiger partial charge on any atom is -0.506 e. The first-order chi connectivity index (χ1) is 32.2. The summed E-state index contributed by atoms with van der Waals surface area (Å²) < 4.78 is 0. The molecule has 4 N–H and O–H groups in total. The Kier molecular flexibility index (Phi) is 21.8. The van der Waals surface area contributed by atoms with E-state index < -0.39 is 11.7 Å². The van der Waals surface area contributed by atoms with Gasteiger partial charge >= 0.3 is 0 Å². The summed E-state index contributed by atoms with van der Waals surface area (Å²) in [7, 11) is 3.77. The van der Waals surface area contributed by atoms with E-state index >= 15 is 0 Å². The van der Waals surface area contributed by atoms with Crippen LogP contribution in [0.25, 0.3) is 0 Å². The van der Waals surface area contributed by atoms with Gasteiger partial charge in [0.05, 0.1) is 16.9 Å².